The Morgan fingerprint density at radius 2 is 2.00 bits per heavy atom. The van der Waals surface area contributed by atoms with E-state index in [0.29, 0.717) is 6.04 Å². The summed E-state index contributed by atoms with van der Waals surface area (Å²) in [5.41, 5.74) is 1.15. The summed E-state index contributed by atoms with van der Waals surface area (Å²) in [6.07, 6.45) is 5.44. The van der Waals surface area contributed by atoms with Crippen LogP contribution in [0.3, 0.4) is 0 Å². The quantitative estimate of drug-likeness (QED) is 0.727. The van der Waals surface area contributed by atoms with Crippen molar-refractivity contribution >= 4 is 11.5 Å². The zero-order valence-corrected chi connectivity index (χ0v) is 12.2. The molecule has 0 amide bonds. The summed E-state index contributed by atoms with van der Waals surface area (Å²) in [7, 11) is 0. The normalized spacial score (nSPS) is 12.5. The first-order valence-corrected chi connectivity index (χ1v) is 7.08. The second-order valence-corrected chi connectivity index (χ2v) is 5.37. The molecule has 1 aromatic heterocycles. The van der Waals surface area contributed by atoms with Gasteiger partial charge in [0, 0.05) is 30.5 Å². The van der Waals surface area contributed by atoms with Gasteiger partial charge in [0.05, 0.1) is 0 Å². The topological polar surface area (TPSA) is 37.0 Å². The van der Waals surface area contributed by atoms with Crippen LogP contribution in [0.15, 0.2) is 18.3 Å². The standard InChI is InChI=1S/C15H27N3/c1-5-9-16-15-11-14(8-10-17-15)18-13(4)7-6-12(2)3/h8,10-13H,5-7,9H2,1-4H3,(H2,16,17,18). The Morgan fingerprint density at radius 3 is 2.67 bits per heavy atom. The molecule has 0 radical (unpaired) electrons. The van der Waals surface area contributed by atoms with Crippen LogP contribution in [0.25, 0.3) is 0 Å². The Kier molecular flexibility index (Phi) is 6.55. The van der Waals surface area contributed by atoms with Gasteiger partial charge in [0.25, 0.3) is 0 Å². The molecule has 0 spiro atoms. The van der Waals surface area contributed by atoms with E-state index in [-0.39, 0.29) is 0 Å². The van der Waals surface area contributed by atoms with Crippen LogP contribution in [-0.4, -0.2) is 17.6 Å². The Balaban J connectivity index is 2.45. The van der Waals surface area contributed by atoms with Crippen molar-refractivity contribution in [2.45, 2.75) is 53.0 Å². The third kappa shape index (κ3) is 5.89. The fourth-order valence-corrected chi connectivity index (χ4v) is 1.81. The van der Waals surface area contributed by atoms with Crippen molar-refractivity contribution in [3.05, 3.63) is 18.3 Å². The largest absolute Gasteiger partial charge is 0.382 e. The predicted molar refractivity (Wildman–Crippen MR) is 80.2 cm³/mol. The van der Waals surface area contributed by atoms with Crippen LogP contribution in [0.5, 0.6) is 0 Å². The number of pyridine rings is 1. The lowest BCUT2D eigenvalue weighted by molar-refractivity contribution is 0.527. The van der Waals surface area contributed by atoms with Gasteiger partial charge < -0.3 is 10.6 Å². The van der Waals surface area contributed by atoms with Crippen molar-refractivity contribution in [1.29, 1.82) is 0 Å². The molecule has 3 nitrogen and oxygen atoms in total. The maximum absolute atomic E-state index is 4.31. The molecule has 2 N–H and O–H groups in total. The van der Waals surface area contributed by atoms with Crippen LogP contribution in [0.4, 0.5) is 11.5 Å². The average Bonchev–Trinajstić information content (AvgIpc) is 2.34. The fourth-order valence-electron chi connectivity index (χ4n) is 1.81. The van der Waals surface area contributed by atoms with Gasteiger partial charge in [-0.25, -0.2) is 4.98 Å². The van der Waals surface area contributed by atoms with E-state index in [9.17, 15) is 0 Å². The van der Waals surface area contributed by atoms with Gasteiger partial charge in [-0.1, -0.05) is 20.8 Å². The molecule has 1 heterocycles. The van der Waals surface area contributed by atoms with Gasteiger partial charge in [-0.3, -0.25) is 0 Å². The molecular formula is C15H27N3. The molecular weight excluding hydrogens is 222 g/mol. The molecule has 3 heteroatoms. The Morgan fingerprint density at radius 1 is 1.22 bits per heavy atom. The van der Waals surface area contributed by atoms with E-state index in [1.165, 1.54) is 12.8 Å². The third-order valence-electron chi connectivity index (χ3n) is 2.91. The molecule has 1 rings (SSSR count). The van der Waals surface area contributed by atoms with Gasteiger partial charge in [0.15, 0.2) is 0 Å². The molecule has 18 heavy (non-hydrogen) atoms. The number of rotatable bonds is 8. The zero-order valence-electron chi connectivity index (χ0n) is 12.2. The average molecular weight is 249 g/mol. The molecule has 0 aliphatic rings. The highest BCUT2D eigenvalue weighted by atomic mass is 15.0. The minimum absolute atomic E-state index is 0.508. The zero-order chi connectivity index (χ0) is 13.4. The van der Waals surface area contributed by atoms with E-state index >= 15 is 0 Å². The Labute approximate surface area is 111 Å². The minimum Gasteiger partial charge on any atom is -0.382 e. The lowest BCUT2D eigenvalue weighted by Gasteiger charge is -2.17. The van der Waals surface area contributed by atoms with Crippen LogP contribution in [-0.2, 0) is 0 Å². The first kappa shape index (κ1) is 14.8. The number of hydrogen-bond donors (Lipinski definition) is 2. The van der Waals surface area contributed by atoms with Crippen molar-refractivity contribution in [3.8, 4) is 0 Å². The third-order valence-corrected chi connectivity index (χ3v) is 2.91. The van der Waals surface area contributed by atoms with E-state index < -0.39 is 0 Å². The summed E-state index contributed by atoms with van der Waals surface area (Å²) < 4.78 is 0. The van der Waals surface area contributed by atoms with E-state index in [0.717, 1.165) is 30.4 Å². The summed E-state index contributed by atoms with van der Waals surface area (Å²) in [6.45, 7) is 9.91. The van der Waals surface area contributed by atoms with Gasteiger partial charge in [0.1, 0.15) is 5.82 Å². The van der Waals surface area contributed by atoms with Gasteiger partial charge in [-0.05, 0) is 38.2 Å². The Hall–Kier alpha value is -1.25. The fraction of sp³-hybridized carbons (Fsp3) is 0.667. The molecule has 0 saturated heterocycles. The summed E-state index contributed by atoms with van der Waals surface area (Å²) in [5.74, 6) is 1.73. The van der Waals surface area contributed by atoms with Gasteiger partial charge >= 0.3 is 0 Å². The lowest BCUT2D eigenvalue weighted by atomic mass is 10.0. The van der Waals surface area contributed by atoms with Gasteiger partial charge in [0.2, 0.25) is 0 Å². The molecule has 0 bridgehead atoms. The van der Waals surface area contributed by atoms with Crippen molar-refractivity contribution in [2.75, 3.05) is 17.2 Å². The van der Waals surface area contributed by atoms with Crippen molar-refractivity contribution in [2.24, 2.45) is 5.92 Å². The highest BCUT2D eigenvalue weighted by molar-refractivity contribution is 5.52. The first-order chi connectivity index (χ1) is 8.61. The smallest absolute Gasteiger partial charge is 0.127 e. The van der Waals surface area contributed by atoms with Crippen LogP contribution < -0.4 is 10.6 Å². The van der Waals surface area contributed by atoms with Gasteiger partial charge in [-0.15, -0.1) is 0 Å². The lowest BCUT2D eigenvalue weighted by Crippen LogP contribution is -2.16. The van der Waals surface area contributed by atoms with Crippen LogP contribution >= 0.6 is 0 Å². The monoisotopic (exact) mass is 249 g/mol. The molecule has 0 aliphatic heterocycles. The van der Waals surface area contributed by atoms with Crippen LogP contribution in [0, 0.1) is 5.92 Å². The molecule has 0 aliphatic carbocycles. The number of hydrogen-bond acceptors (Lipinski definition) is 3. The number of nitrogens with one attached hydrogen (secondary N) is 2. The first-order valence-electron chi connectivity index (χ1n) is 7.08. The SMILES string of the molecule is CCCNc1cc(NC(C)CCC(C)C)ccn1. The molecule has 0 aromatic carbocycles. The molecule has 102 valence electrons. The van der Waals surface area contributed by atoms with E-state index in [1.54, 1.807) is 0 Å². The van der Waals surface area contributed by atoms with Crippen LogP contribution in [0.1, 0.15) is 47.0 Å². The van der Waals surface area contributed by atoms with Crippen molar-refractivity contribution in [1.82, 2.24) is 4.98 Å². The predicted octanol–water partition coefficient (Wildman–Crippen LogP) is 4.14. The molecule has 1 aromatic rings. The van der Waals surface area contributed by atoms with Crippen LogP contribution in [0.2, 0.25) is 0 Å². The molecule has 1 unspecified atom stereocenters. The molecule has 1 atom stereocenters. The van der Waals surface area contributed by atoms with E-state index in [2.05, 4.69) is 49.4 Å². The van der Waals surface area contributed by atoms with Gasteiger partial charge in [-0.2, -0.15) is 0 Å². The van der Waals surface area contributed by atoms with Crippen molar-refractivity contribution < 1.29 is 0 Å². The van der Waals surface area contributed by atoms with E-state index in [4.69, 9.17) is 0 Å². The molecule has 0 fully saturated rings. The summed E-state index contributed by atoms with van der Waals surface area (Å²) >= 11 is 0. The number of aromatic nitrogens is 1. The van der Waals surface area contributed by atoms with E-state index in [1.807, 2.05) is 12.3 Å². The highest BCUT2D eigenvalue weighted by Crippen LogP contribution is 2.15. The second-order valence-electron chi connectivity index (χ2n) is 5.37. The summed E-state index contributed by atoms with van der Waals surface area (Å²) in [6, 6.07) is 4.62. The van der Waals surface area contributed by atoms with Crippen molar-refractivity contribution in [3.63, 3.8) is 0 Å². The highest BCUT2D eigenvalue weighted by Gasteiger charge is 2.04. The summed E-state index contributed by atoms with van der Waals surface area (Å²) in [5, 5.41) is 6.84. The second kappa shape index (κ2) is 7.96. The Bertz CT molecular complexity index is 336. The molecule has 0 saturated carbocycles. The maximum Gasteiger partial charge on any atom is 0.127 e. The summed E-state index contributed by atoms with van der Waals surface area (Å²) in [4.78, 5) is 4.31. The minimum atomic E-state index is 0.508. The number of anilines is 2. The maximum atomic E-state index is 4.31. The number of nitrogens with zero attached hydrogens (tertiary/aromatic N) is 1.